The number of hydrogen-bond acceptors (Lipinski definition) is 7. The number of amides is 1. The Morgan fingerprint density at radius 3 is 2.56 bits per heavy atom. The van der Waals surface area contributed by atoms with Crippen molar-refractivity contribution in [3.63, 3.8) is 0 Å². The first-order valence-electron chi connectivity index (χ1n) is 10.7. The van der Waals surface area contributed by atoms with E-state index in [1.807, 2.05) is 0 Å². The van der Waals surface area contributed by atoms with Gasteiger partial charge in [0.15, 0.2) is 5.82 Å². The molecule has 0 saturated carbocycles. The number of rotatable bonds is 8. The van der Waals surface area contributed by atoms with E-state index >= 15 is 0 Å². The topological polar surface area (TPSA) is 120 Å². The maximum absolute atomic E-state index is 13.6. The number of carbonyl (C=O) groups is 2. The van der Waals surface area contributed by atoms with E-state index in [1.54, 1.807) is 43.3 Å². The van der Waals surface area contributed by atoms with Crippen molar-refractivity contribution in [1.29, 1.82) is 0 Å². The second-order valence-electron chi connectivity index (χ2n) is 7.46. The summed E-state index contributed by atoms with van der Waals surface area (Å²) in [5, 5.41) is 4.21. The molecule has 3 aromatic rings. The predicted molar refractivity (Wildman–Crippen MR) is 125 cm³/mol. The Labute approximate surface area is 197 Å². The molecule has 0 radical (unpaired) electrons. The molecule has 4 rings (SSSR count). The van der Waals surface area contributed by atoms with Crippen molar-refractivity contribution in [2.45, 2.75) is 24.7 Å². The average molecular weight is 485 g/mol. The Balaban J connectivity index is 1.80. The molecule has 0 aliphatic carbocycles. The van der Waals surface area contributed by atoms with Crippen molar-refractivity contribution in [3.8, 4) is 11.4 Å². The normalized spacial score (nSPS) is 13.7. The molecule has 1 aliphatic rings. The standard InChI is InChI=1S/C23H24N4O6S/c1-3-33-23(29)18-15-24-27(16-8-5-4-6-9-16)22(18)25-34(30,31)20-14-17(11-12-19(20)32-2)26-13-7-10-21(26)28/h4-6,8-9,11-12,14-15,25H,3,7,10,13H2,1-2H3. The number of sulfonamides is 1. The summed E-state index contributed by atoms with van der Waals surface area (Å²) in [6, 6.07) is 13.3. The molecule has 1 aromatic heterocycles. The number of nitrogens with one attached hydrogen (secondary N) is 1. The van der Waals surface area contributed by atoms with Crippen LogP contribution in [0.4, 0.5) is 11.5 Å². The summed E-state index contributed by atoms with van der Waals surface area (Å²) in [5.74, 6) is -0.778. The second-order valence-corrected chi connectivity index (χ2v) is 9.12. The first kappa shape index (κ1) is 23.3. The number of ether oxygens (including phenoxy) is 2. The van der Waals surface area contributed by atoms with E-state index in [1.165, 1.54) is 35.0 Å². The van der Waals surface area contributed by atoms with Gasteiger partial charge >= 0.3 is 5.97 Å². The minimum Gasteiger partial charge on any atom is -0.495 e. The Morgan fingerprint density at radius 1 is 1.15 bits per heavy atom. The van der Waals surface area contributed by atoms with Crippen LogP contribution < -0.4 is 14.4 Å². The fourth-order valence-electron chi connectivity index (χ4n) is 3.72. The molecule has 178 valence electrons. The van der Waals surface area contributed by atoms with Gasteiger partial charge in [0, 0.05) is 18.7 Å². The molecule has 0 unspecified atom stereocenters. The molecule has 1 aliphatic heterocycles. The monoisotopic (exact) mass is 484 g/mol. The highest BCUT2D eigenvalue weighted by atomic mass is 32.2. The molecule has 2 aromatic carbocycles. The van der Waals surface area contributed by atoms with Crippen LogP contribution in [0.1, 0.15) is 30.1 Å². The van der Waals surface area contributed by atoms with Gasteiger partial charge in [0.05, 0.1) is 25.6 Å². The van der Waals surface area contributed by atoms with E-state index in [0.717, 1.165) is 0 Å². The maximum Gasteiger partial charge on any atom is 0.343 e. The number of benzene rings is 2. The third-order valence-corrected chi connectivity index (χ3v) is 6.68. The average Bonchev–Trinajstić information content (AvgIpc) is 3.45. The van der Waals surface area contributed by atoms with Crippen LogP contribution in [0.3, 0.4) is 0 Å². The van der Waals surface area contributed by atoms with Crippen LogP contribution in [-0.4, -0.2) is 50.3 Å². The van der Waals surface area contributed by atoms with Gasteiger partial charge in [-0.1, -0.05) is 18.2 Å². The number of carbonyl (C=O) groups excluding carboxylic acids is 2. The SMILES string of the molecule is CCOC(=O)c1cnn(-c2ccccc2)c1NS(=O)(=O)c1cc(N2CCCC2=O)ccc1OC. The largest absolute Gasteiger partial charge is 0.495 e. The van der Waals surface area contributed by atoms with Gasteiger partial charge in [-0.3, -0.25) is 9.52 Å². The third-order valence-electron chi connectivity index (χ3n) is 5.32. The summed E-state index contributed by atoms with van der Waals surface area (Å²) in [7, 11) is -2.92. The number of hydrogen-bond donors (Lipinski definition) is 1. The third kappa shape index (κ3) is 4.46. The van der Waals surface area contributed by atoms with Crippen molar-refractivity contribution in [2.24, 2.45) is 0 Å². The van der Waals surface area contributed by atoms with Gasteiger partial charge in [0.25, 0.3) is 10.0 Å². The van der Waals surface area contributed by atoms with Crippen LogP contribution in [0.15, 0.2) is 59.6 Å². The number of esters is 1. The van der Waals surface area contributed by atoms with E-state index < -0.39 is 16.0 Å². The molecule has 1 amide bonds. The second kappa shape index (κ2) is 9.56. The van der Waals surface area contributed by atoms with Crippen LogP contribution in [0.5, 0.6) is 5.75 Å². The molecule has 0 bridgehead atoms. The fourth-order valence-corrected chi connectivity index (χ4v) is 4.97. The highest BCUT2D eigenvalue weighted by Gasteiger charge is 2.29. The first-order chi connectivity index (χ1) is 16.4. The fraction of sp³-hybridized carbons (Fsp3) is 0.261. The minimum absolute atomic E-state index is 0.0425. The summed E-state index contributed by atoms with van der Waals surface area (Å²) < 4.78 is 41.3. The molecule has 0 atom stereocenters. The number of methoxy groups -OCH3 is 1. The molecule has 0 spiro atoms. The Kier molecular flexibility index (Phi) is 6.55. The molecule has 1 N–H and O–H groups in total. The lowest BCUT2D eigenvalue weighted by atomic mass is 10.3. The minimum atomic E-state index is -4.28. The van der Waals surface area contributed by atoms with Crippen molar-refractivity contribution in [2.75, 3.05) is 29.9 Å². The first-order valence-corrected chi connectivity index (χ1v) is 12.2. The molecular formula is C23H24N4O6S. The van der Waals surface area contributed by atoms with Crippen LogP contribution >= 0.6 is 0 Å². The van der Waals surface area contributed by atoms with Gasteiger partial charge in [0.1, 0.15) is 16.2 Å². The lowest BCUT2D eigenvalue weighted by Gasteiger charge is -2.19. The van der Waals surface area contributed by atoms with E-state index in [4.69, 9.17) is 9.47 Å². The smallest absolute Gasteiger partial charge is 0.343 e. The predicted octanol–water partition coefficient (Wildman–Crippen LogP) is 2.99. The van der Waals surface area contributed by atoms with E-state index in [0.29, 0.717) is 30.8 Å². The summed E-state index contributed by atoms with van der Waals surface area (Å²) >= 11 is 0. The van der Waals surface area contributed by atoms with E-state index in [9.17, 15) is 18.0 Å². The van der Waals surface area contributed by atoms with Gasteiger partial charge in [0.2, 0.25) is 5.91 Å². The van der Waals surface area contributed by atoms with Crippen LogP contribution in [0, 0.1) is 0 Å². The lowest BCUT2D eigenvalue weighted by molar-refractivity contribution is -0.117. The number of nitrogens with zero attached hydrogens (tertiary/aromatic N) is 3. The zero-order valence-electron chi connectivity index (χ0n) is 18.7. The molecule has 2 heterocycles. The van der Waals surface area contributed by atoms with Crippen LogP contribution in [0.25, 0.3) is 5.69 Å². The highest BCUT2D eigenvalue weighted by molar-refractivity contribution is 7.92. The van der Waals surface area contributed by atoms with Crippen molar-refractivity contribution >= 4 is 33.4 Å². The number of anilines is 2. The summed E-state index contributed by atoms with van der Waals surface area (Å²) in [5.41, 5.74) is 0.948. The molecule has 1 fully saturated rings. The molecule has 1 saturated heterocycles. The van der Waals surface area contributed by atoms with Gasteiger partial charge in [-0.15, -0.1) is 0 Å². The Bertz CT molecular complexity index is 1320. The molecular weight excluding hydrogens is 460 g/mol. The Hall–Kier alpha value is -3.86. The van der Waals surface area contributed by atoms with Crippen molar-refractivity contribution < 1.29 is 27.5 Å². The van der Waals surface area contributed by atoms with Crippen molar-refractivity contribution in [1.82, 2.24) is 9.78 Å². The highest BCUT2D eigenvalue weighted by Crippen LogP contribution is 2.33. The van der Waals surface area contributed by atoms with E-state index in [-0.39, 0.29) is 34.5 Å². The number of aromatic nitrogens is 2. The van der Waals surface area contributed by atoms with Gasteiger partial charge in [-0.25, -0.2) is 17.9 Å². The zero-order chi connectivity index (χ0) is 24.3. The molecule has 34 heavy (non-hydrogen) atoms. The molecule has 10 nitrogen and oxygen atoms in total. The lowest BCUT2D eigenvalue weighted by Crippen LogP contribution is -2.24. The van der Waals surface area contributed by atoms with Crippen LogP contribution in [0.2, 0.25) is 0 Å². The summed E-state index contributed by atoms with van der Waals surface area (Å²) in [6.45, 7) is 2.27. The van der Waals surface area contributed by atoms with E-state index in [2.05, 4.69) is 9.82 Å². The van der Waals surface area contributed by atoms with Crippen molar-refractivity contribution in [3.05, 3.63) is 60.3 Å². The Morgan fingerprint density at radius 2 is 1.91 bits per heavy atom. The maximum atomic E-state index is 13.6. The van der Waals surface area contributed by atoms with Gasteiger partial charge < -0.3 is 14.4 Å². The number of para-hydroxylation sites is 1. The van der Waals surface area contributed by atoms with Gasteiger partial charge in [-0.2, -0.15) is 5.10 Å². The van der Waals surface area contributed by atoms with Crippen LogP contribution in [-0.2, 0) is 19.6 Å². The molecule has 11 heteroatoms. The van der Waals surface area contributed by atoms with Gasteiger partial charge in [-0.05, 0) is 43.7 Å². The summed E-state index contributed by atoms with van der Waals surface area (Å²) in [6.07, 6.45) is 2.36. The summed E-state index contributed by atoms with van der Waals surface area (Å²) in [4.78, 5) is 26.1. The quantitative estimate of drug-likeness (QED) is 0.488. The zero-order valence-corrected chi connectivity index (χ0v) is 19.5.